The Balaban J connectivity index is 2.02. The molecule has 2 rings (SSSR count). The van der Waals surface area contributed by atoms with Crippen molar-refractivity contribution < 1.29 is 13.2 Å². The molecule has 0 aliphatic heterocycles. The molecule has 0 unspecified atom stereocenters. The van der Waals surface area contributed by atoms with Crippen molar-refractivity contribution in [3.63, 3.8) is 0 Å². The summed E-state index contributed by atoms with van der Waals surface area (Å²) in [7, 11) is -3.23. The van der Waals surface area contributed by atoms with E-state index in [9.17, 15) is 13.2 Å². The Morgan fingerprint density at radius 3 is 2.14 bits per heavy atom. The van der Waals surface area contributed by atoms with Crippen LogP contribution in [0, 0.1) is 0 Å². The number of hydrogen-bond acceptors (Lipinski definition) is 4. The van der Waals surface area contributed by atoms with E-state index < -0.39 is 9.84 Å². The highest BCUT2D eigenvalue weighted by Crippen LogP contribution is 2.21. The predicted molar refractivity (Wildman–Crippen MR) is 86.1 cm³/mol. The monoisotopic (exact) mass is 340 g/mol. The largest absolute Gasteiger partial charge is 0.293 e. The summed E-state index contributed by atoms with van der Waals surface area (Å²) in [5.74, 6) is 0.245. The van der Waals surface area contributed by atoms with Crippen LogP contribution in [0.2, 0.25) is 5.02 Å². The summed E-state index contributed by atoms with van der Waals surface area (Å²) in [6, 6.07) is 13.2. The van der Waals surface area contributed by atoms with Gasteiger partial charge in [-0.2, -0.15) is 0 Å². The SMILES string of the molecule is CS(=O)(=O)c1ccc(C(=O)CSc2ccc(Cl)cc2)cc1. The minimum atomic E-state index is -3.23. The topological polar surface area (TPSA) is 51.2 Å². The highest BCUT2D eigenvalue weighted by molar-refractivity contribution is 8.00. The van der Waals surface area contributed by atoms with Gasteiger partial charge in [-0.25, -0.2) is 8.42 Å². The molecule has 0 spiro atoms. The standard InChI is InChI=1S/C15H13ClO3S2/c1-21(18,19)14-8-2-11(3-9-14)15(17)10-20-13-6-4-12(16)5-7-13/h2-9H,10H2,1H3. The molecule has 0 saturated carbocycles. The van der Waals surface area contributed by atoms with E-state index in [4.69, 9.17) is 11.6 Å². The van der Waals surface area contributed by atoms with Crippen LogP contribution in [0.4, 0.5) is 0 Å². The maximum Gasteiger partial charge on any atom is 0.175 e. The van der Waals surface area contributed by atoms with E-state index in [0.717, 1.165) is 11.2 Å². The van der Waals surface area contributed by atoms with Crippen molar-refractivity contribution >= 4 is 39.0 Å². The van der Waals surface area contributed by atoms with E-state index in [-0.39, 0.29) is 10.7 Å². The Kier molecular flexibility index (Phi) is 5.08. The van der Waals surface area contributed by atoms with Crippen LogP contribution in [-0.4, -0.2) is 26.2 Å². The fourth-order valence-electron chi connectivity index (χ4n) is 1.65. The second kappa shape index (κ2) is 6.64. The number of Topliss-reactive ketones (excluding diaryl/α,β-unsaturated/α-hetero) is 1. The molecule has 0 bridgehead atoms. The van der Waals surface area contributed by atoms with Gasteiger partial charge in [0.05, 0.1) is 10.6 Å². The predicted octanol–water partition coefficient (Wildman–Crippen LogP) is 3.72. The summed E-state index contributed by atoms with van der Waals surface area (Å²) in [5, 5.41) is 0.655. The van der Waals surface area contributed by atoms with Crippen LogP contribution in [0.15, 0.2) is 58.3 Å². The van der Waals surface area contributed by atoms with Crippen molar-refractivity contribution in [1.29, 1.82) is 0 Å². The lowest BCUT2D eigenvalue weighted by Gasteiger charge is -2.03. The fourth-order valence-corrected chi connectivity index (χ4v) is 3.20. The van der Waals surface area contributed by atoms with Crippen molar-refractivity contribution in [2.24, 2.45) is 0 Å². The van der Waals surface area contributed by atoms with Crippen LogP contribution in [0.5, 0.6) is 0 Å². The number of rotatable bonds is 5. The van der Waals surface area contributed by atoms with E-state index in [1.807, 2.05) is 12.1 Å². The molecule has 21 heavy (non-hydrogen) atoms. The number of hydrogen-bond donors (Lipinski definition) is 0. The quantitative estimate of drug-likeness (QED) is 0.615. The highest BCUT2D eigenvalue weighted by Gasteiger charge is 2.10. The first-order valence-electron chi connectivity index (χ1n) is 6.08. The molecule has 2 aromatic rings. The lowest BCUT2D eigenvalue weighted by molar-refractivity contribution is 0.102. The Labute approximate surface area is 133 Å². The molecule has 6 heteroatoms. The molecule has 0 heterocycles. The molecule has 0 amide bonds. The molecule has 2 aromatic carbocycles. The molecule has 0 aliphatic rings. The Hall–Kier alpha value is -1.30. The smallest absolute Gasteiger partial charge is 0.175 e. The van der Waals surface area contributed by atoms with E-state index in [0.29, 0.717) is 16.3 Å². The number of benzene rings is 2. The number of carbonyl (C=O) groups excluding carboxylic acids is 1. The molecule has 0 aliphatic carbocycles. The average Bonchev–Trinajstić information content (AvgIpc) is 2.45. The molecule has 3 nitrogen and oxygen atoms in total. The zero-order chi connectivity index (χ0) is 15.5. The van der Waals surface area contributed by atoms with Gasteiger partial charge in [0.1, 0.15) is 0 Å². The molecule has 0 saturated heterocycles. The Morgan fingerprint density at radius 2 is 1.62 bits per heavy atom. The number of halogens is 1. The molecule has 0 radical (unpaired) electrons. The van der Waals surface area contributed by atoms with Crippen LogP contribution < -0.4 is 0 Å². The number of carbonyl (C=O) groups is 1. The molecule has 0 fully saturated rings. The first-order valence-corrected chi connectivity index (χ1v) is 9.33. The van der Waals surface area contributed by atoms with Crippen LogP contribution in [0.3, 0.4) is 0 Å². The van der Waals surface area contributed by atoms with Crippen molar-refractivity contribution in [3.8, 4) is 0 Å². The van der Waals surface area contributed by atoms with E-state index >= 15 is 0 Å². The second-order valence-corrected chi connectivity index (χ2v) is 7.96. The number of sulfone groups is 1. The lowest BCUT2D eigenvalue weighted by Crippen LogP contribution is -2.03. The van der Waals surface area contributed by atoms with Gasteiger partial charge in [0.2, 0.25) is 0 Å². The number of ketones is 1. The first-order chi connectivity index (χ1) is 9.86. The molecule has 110 valence electrons. The van der Waals surface area contributed by atoms with Gasteiger partial charge < -0.3 is 0 Å². The minimum Gasteiger partial charge on any atom is -0.293 e. The molecule has 0 N–H and O–H groups in total. The summed E-state index contributed by atoms with van der Waals surface area (Å²) in [5.41, 5.74) is 0.504. The maximum atomic E-state index is 12.0. The molecular weight excluding hydrogens is 328 g/mol. The summed E-state index contributed by atoms with van der Waals surface area (Å²) in [6.45, 7) is 0. The van der Waals surface area contributed by atoms with Crippen molar-refractivity contribution in [2.75, 3.05) is 12.0 Å². The number of thioether (sulfide) groups is 1. The van der Waals surface area contributed by atoms with Gasteiger partial charge in [-0.3, -0.25) is 4.79 Å². The van der Waals surface area contributed by atoms with Gasteiger partial charge in [0.15, 0.2) is 15.6 Å². The van der Waals surface area contributed by atoms with E-state index in [1.165, 1.54) is 23.9 Å². The van der Waals surface area contributed by atoms with Gasteiger partial charge in [-0.1, -0.05) is 23.7 Å². The maximum absolute atomic E-state index is 12.0. The van der Waals surface area contributed by atoms with Crippen LogP contribution in [-0.2, 0) is 9.84 Å². The van der Waals surface area contributed by atoms with Gasteiger partial charge in [-0.05, 0) is 36.4 Å². The second-order valence-electron chi connectivity index (χ2n) is 4.46. The normalized spacial score (nSPS) is 11.3. The minimum absolute atomic E-state index is 0.0463. The van der Waals surface area contributed by atoms with E-state index in [2.05, 4.69) is 0 Å². The summed E-state index contributed by atoms with van der Waals surface area (Å²) in [6.07, 6.45) is 1.14. The molecule has 0 aromatic heterocycles. The van der Waals surface area contributed by atoms with Gasteiger partial charge >= 0.3 is 0 Å². The summed E-state index contributed by atoms with van der Waals surface area (Å²) < 4.78 is 22.7. The van der Waals surface area contributed by atoms with Crippen LogP contribution in [0.1, 0.15) is 10.4 Å². The zero-order valence-corrected chi connectivity index (χ0v) is 13.6. The van der Waals surface area contributed by atoms with Crippen molar-refractivity contribution in [1.82, 2.24) is 0 Å². The molecule has 0 atom stereocenters. The fraction of sp³-hybridized carbons (Fsp3) is 0.133. The third kappa shape index (κ3) is 4.59. The van der Waals surface area contributed by atoms with Crippen molar-refractivity contribution in [3.05, 3.63) is 59.1 Å². The van der Waals surface area contributed by atoms with Crippen LogP contribution >= 0.6 is 23.4 Å². The van der Waals surface area contributed by atoms with E-state index in [1.54, 1.807) is 24.3 Å². The molecular formula is C15H13ClO3S2. The lowest BCUT2D eigenvalue weighted by atomic mass is 10.1. The van der Waals surface area contributed by atoms with Gasteiger partial charge in [0.25, 0.3) is 0 Å². The Morgan fingerprint density at radius 1 is 1.05 bits per heavy atom. The first kappa shape index (κ1) is 16.1. The highest BCUT2D eigenvalue weighted by atomic mass is 35.5. The van der Waals surface area contributed by atoms with Crippen LogP contribution in [0.25, 0.3) is 0 Å². The zero-order valence-electron chi connectivity index (χ0n) is 11.2. The average molecular weight is 341 g/mol. The van der Waals surface area contributed by atoms with Gasteiger partial charge in [0, 0.05) is 21.7 Å². The Bertz CT molecular complexity index is 735. The van der Waals surface area contributed by atoms with Gasteiger partial charge in [-0.15, -0.1) is 11.8 Å². The third-order valence-corrected chi connectivity index (χ3v) is 5.18. The third-order valence-electron chi connectivity index (χ3n) is 2.79. The summed E-state index contributed by atoms with van der Waals surface area (Å²) in [4.78, 5) is 13.2. The summed E-state index contributed by atoms with van der Waals surface area (Å²) >= 11 is 7.21. The van der Waals surface area contributed by atoms with Crippen molar-refractivity contribution in [2.45, 2.75) is 9.79 Å².